The molecule has 0 radical (unpaired) electrons. The second-order valence-electron chi connectivity index (χ2n) is 4.18. The van der Waals surface area contributed by atoms with E-state index in [1.54, 1.807) is 0 Å². The zero-order valence-electron chi connectivity index (χ0n) is 9.12. The molecule has 2 atom stereocenters. The van der Waals surface area contributed by atoms with Crippen LogP contribution in [0.5, 0.6) is 0 Å². The van der Waals surface area contributed by atoms with E-state index in [2.05, 4.69) is 19.2 Å². The van der Waals surface area contributed by atoms with Gasteiger partial charge in [-0.2, -0.15) is 0 Å². The number of rotatable bonds is 5. The highest BCUT2D eigenvalue weighted by atomic mass is 16.2. The van der Waals surface area contributed by atoms with Crippen LogP contribution in [0.25, 0.3) is 0 Å². The second-order valence-corrected chi connectivity index (χ2v) is 4.18. The average molecular weight is 199 g/mol. The van der Waals surface area contributed by atoms with Gasteiger partial charge in [-0.05, 0) is 18.9 Å². The lowest BCUT2D eigenvalue weighted by Crippen LogP contribution is -2.34. The van der Waals surface area contributed by atoms with E-state index in [0.717, 1.165) is 25.9 Å². The third kappa shape index (κ3) is 2.87. The number of nitrogens with two attached hydrogens (primary N) is 1. The van der Waals surface area contributed by atoms with Crippen LogP contribution in [0.4, 0.5) is 4.79 Å². The summed E-state index contributed by atoms with van der Waals surface area (Å²) in [5.41, 5.74) is 5.53. The van der Waals surface area contributed by atoms with Crippen molar-refractivity contribution in [3.8, 4) is 0 Å². The van der Waals surface area contributed by atoms with Crippen molar-refractivity contribution in [2.24, 2.45) is 11.7 Å². The smallest absolute Gasteiger partial charge is 0.317 e. The lowest BCUT2D eigenvalue weighted by Gasteiger charge is -2.18. The van der Waals surface area contributed by atoms with Gasteiger partial charge in [0.05, 0.1) is 0 Å². The molecule has 1 aliphatic rings. The molecular weight excluding hydrogens is 178 g/mol. The Morgan fingerprint density at radius 1 is 1.71 bits per heavy atom. The first-order chi connectivity index (χ1) is 6.67. The third-order valence-corrected chi connectivity index (χ3v) is 2.63. The first kappa shape index (κ1) is 11.3. The van der Waals surface area contributed by atoms with Crippen LogP contribution in [0.2, 0.25) is 0 Å². The predicted octanol–water partition coefficient (Wildman–Crippen LogP) is 0.775. The molecule has 0 aromatic carbocycles. The van der Waals surface area contributed by atoms with Gasteiger partial charge >= 0.3 is 6.03 Å². The summed E-state index contributed by atoms with van der Waals surface area (Å²) in [4.78, 5) is 13.4. The van der Waals surface area contributed by atoms with E-state index in [1.807, 2.05) is 4.90 Å². The van der Waals surface area contributed by atoms with Crippen LogP contribution in [0, 0.1) is 5.92 Å². The molecule has 4 heteroatoms. The fraction of sp³-hybridized carbons (Fsp3) is 0.900. The van der Waals surface area contributed by atoms with Crippen LogP contribution >= 0.6 is 0 Å². The lowest BCUT2D eigenvalue weighted by atomic mass is 10.1. The largest absolute Gasteiger partial charge is 0.333 e. The summed E-state index contributed by atoms with van der Waals surface area (Å²) in [6.07, 6.45) is 2.18. The Hall–Kier alpha value is -0.770. The summed E-state index contributed by atoms with van der Waals surface area (Å²) in [5, 5.41) is 2.98. The normalized spacial score (nSPS) is 23.8. The molecule has 0 aromatic rings. The third-order valence-electron chi connectivity index (χ3n) is 2.63. The van der Waals surface area contributed by atoms with Crippen molar-refractivity contribution in [2.45, 2.75) is 32.7 Å². The number of nitrogens with zero attached hydrogens (tertiary/aromatic N) is 1. The number of carbonyl (C=O) groups is 1. The van der Waals surface area contributed by atoms with E-state index in [-0.39, 0.29) is 6.03 Å². The van der Waals surface area contributed by atoms with Crippen LogP contribution in [0.1, 0.15) is 26.7 Å². The Morgan fingerprint density at radius 2 is 2.43 bits per heavy atom. The van der Waals surface area contributed by atoms with Gasteiger partial charge in [0.2, 0.25) is 0 Å². The minimum Gasteiger partial charge on any atom is -0.333 e. The Kier molecular flexibility index (Phi) is 4.20. The van der Waals surface area contributed by atoms with Gasteiger partial charge in [-0.3, -0.25) is 0 Å². The maximum atomic E-state index is 11.5. The van der Waals surface area contributed by atoms with Crippen LogP contribution in [-0.4, -0.2) is 36.6 Å². The van der Waals surface area contributed by atoms with Crippen LogP contribution < -0.4 is 11.1 Å². The number of carbonyl (C=O) groups excluding carboxylic acids is 1. The first-order valence-electron chi connectivity index (χ1n) is 5.42. The van der Waals surface area contributed by atoms with Crippen molar-refractivity contribution in [1.82, 2.24) is 10.2 Å². The Labute approximate surface area is 85.8 Å². The zero-order valence-corrected chi connectivity index (χ0v) is 9.12. The number of hydrogen-bond acceptors (Lipinski definition) is 2. The first-order valence-corrected chi connectivity index (χ1v) is 5.42. The summed E-state index contributed by atoms with van der Waals surface area (Å²) in [6, 6.07) is 0.418. The van der Waals surface area contributed by atoms with E-state index in [0.29, 0.717) is 18.5 Å². The summed E-state index contributed by atoms with van der Waals surface area (Å²) in [6.45, 7) is 6.47. The predicted molar refractivity (Wildman–Crippen MR) is 57.0 cm³/mol. The van der Waals surface area contributed by atoms with E-state index in [1.165, 1.54) is 0 Å². The number of hydrogen-bond donors (Lipinski definition) is 2. The number of nitrogens with one attached hydrogen (secondary N) is 1. The highest BCUT2D eigenvalue weighted by molar-refractivity contribution is 5.76. The fourth-order valence-corrected chi connectivity index (χ4v) is 1.78. The van der Waals surface area contributed by atoms with Crippen molar-refractivity contribution in [1.29, 1.82) is 0 Å². The minimum absolute atomic E-state index is 0.0729. The summed E-state index contributed by atoms with van der Waals surface area (Å²) < 4.78 is 0. The van der Waals surface area contributed by atoms with E-state index < -0.39 is 0 Å². The van der Waals surface area contributed by atoms with Crippen molar-refractivity contribution < 1.29 is 4.79 Å². The van der Waals surface area contributed by atoms with Crippen LogP contribution in [0.3, 0.4) is 0 Å². The minimum atomic E-state index is 0.0729. The fourth-order valence-electron chi connectivity index (χ4n) is 1.78. The highest BCUT2D eigenvalue weighted by Gasteiger charge is 2.28. The molecule has 82 valence electrons. The summed E-state index contributed by atoms with van der Waals surface area (Å²) >= 11 is 0. The van der Waals surface area contributed by atoms with Crippen LogP contribution in [-0.2, 0) is 0 Å². The maximum Gasteiger partial charge on any atom is 0.317 e. The second kappa shape index (κ2) is 5.20. The SMILES string of the molecule is CCCC1CN(CC(C)CN)C(=O)N1. The van der Waals surface area contributed by atoms with Gasteiger partial charge in [0, 0.05) is 19.1 Å². The van der Waals surface area contributed by atoms with Gasteiger partial charge in [0.25, 0.3) is 0 Å². The summed E-state index contributed by atoms with van der Waals surface area (Å²) in [7, 11) is 0. The molecule has 1 rings (SSSR count). The van der Waals surface area contributed by atoms with Gasteiger partial charge in [-0.25, -0.2) is 4.79 Å². The highest BCUT2D eigenvalue weighted by Crippen LogP contribution is 2.10. The molecule has 0 spiro atoms. The molecule has 4 nitrogen and oxygen atoms in total. The molecule has 1 aliphatic heterocycles. The zero-order chi connectivity index (χ0) is 10.6. The molecule has 1 heterocycles. The van der Waals surface area contributed by atoms with Gasteiger partial charge in [0.15, 0.2) is 0 Å². The van der Waals surface area contributed by atoms with Crippen LogP contribution in [0.15, 0.2) is 0 Å². The number of amides is 2. The van der Waals surface area contributed by atoms with Gasteiger partial charge < -0.3 is 16.0 Å². The molecule has 2 unspecified atom stereocenters. The van der Waals surface area contributed by atoms with Crippen molar-refractivity contribution in [3.63, 3.8) is 0 Å². The molecular formula is C10H21N3O. The Balaban J connectivity index is 2.36. The van der Waals surface area contributed by atoms with Gasteiger partial charge in [-0.15, -0.1) is 0 Å². The molecule has 1 fully saturated rings. The average Bonchev–Trinajstić information content (AvgIpc) is 2.47. The maximum absolute atomic E-state index is 11.5. The molecule has 0 aliphatic carbocycles. The quantitative estimate of drug-likeness (QED) is 0.687. The Morgan fingerprint density at radius 3 is 3.00 bits per heavy atom. The van der Waals surface area contributed by atoms with E-state index in [4.69, 9.17) is 5.73 Å². The molecule has 14 heavy (non-hydrogen) atoms. The van der Waals surface area contributed by atoms with E-state index in [9.17, 15) is 4.79 Å². The topological polar surface area (TPSA) is 58.4 Å². The summed E-state index contributed by atoms with van der Waals surface area (Å²) in [5.74, 6) is 0.390. The van der Waals surface area contributed by atoms with Crippen molar-refractivity contribution >= 4 is 6.03 Å². The molecule has 0 aromatic heterocycles. The molecule has 1 saturated heterocycles. The molecule has 3 N–H and O–H groups in total. The van der Waals surface area contributed by atoms with Gasteiger partial charge in [0.1, 0.15) is 0 Å². The lowest BCUT2D eigenvalue weighted by molar-refractivity contribution is 0.211. The van der Waals surface area contributed by atoms with Gasteiger partial charge in [-0.1, -0.05) is 20.3 Å². The van der Waals surface area contributed by atoms with Crippen molar-refractivity contribution in [3.05, 3.63) is 0 Å². The van der Waals surface area contributed by atoms with E-state index >= 15 is 0 Å². The monoisotopic (exact) mass is 199 g/mol. The Bertz CT molecular complexity index is 196. The number of urea groups is 1. The van der Waals surface area contributed by atoms with Crippen molar-refractivity contribution in [2.75, 3.05) is 19.6 Å². The molecule has 0 saturated carbocycles. The molecule has 0 bridgehead atoms. The molecule has 2 amide bonds. The standard InChI is InChI=1S/C10H21N3O/c1-3-4-9-7-13(10(14)12-9)6-8(2)5-11/h8-9H,3-7,11H2,1-2H3,(H,12,14).